The normalized spacial score (nSPS) is 15.0. The molecule has 1 saturated heterocycles. The number of rotatable bonds is 10. The summed E-state index contributed by atoms with van der Waals surface area (Å²) in [5, 5.41) is 3.28. The quantitative estimate of drug-likeness (QED) is 0.249. The maximum atomic E-state index is 13.7. The molecule has 1 fully saturated rings. The Hall–Kier alpha value is -3.38. The molecule has 198 valence electrons. The van der Waals surface area contributed by atoms with Gasteiger partial charge in [-0.05, 0) is 95.3 Å². The number of amides is 2. The minimum atomic E-state index is -0.744. The molecule has 1 heterocycles. The fourth-order valence-corrected chi connectivity index (χ4v) is 5.22. The summed E-state index contributed by atoms with van der Waals surface area (Å²) in [5.74, 6) is 1.43. The van der Waals surface area contributed by atoms with E-state index in [4.69, 9.17) is 26.4 Å². The van der Waals surface area contributed by atoms with Gasteiger partial charge in [-0.1, -0.05) is 18.2 Å². The molecule has 1 atom stereocenters. The molecule has 3 aromatic carbocycles. The highest BCUT2D eigenvalue weighted by Crippen LogP contribution is 2.31. The molecule has 4 rings (SSSR count). The summed E-state index contributed by atoms with van der Waals surface area (Å²) >= 11 is 7.95. The average molecular weight is 646 g/mol. The number of nitrogens with zero attached hydrogens (tertiary/aromatic N) is 2. The molecule has 0 aliphatic carbocycles. The second kappa shape index (κ2) is 12.4. The maximum absolute atomic E-state index is 13.7. The van der Waals surface area contributed by atoms with Crippen LogP contribution < -0.4 is 24.4 Å². The minimum Gasteiger partial charge on any atom is -0.497 e. The zero-order valence-electron chi connectivity index (χ0n) is 21.3. The number of hydrogen-bond donors (Lipinski definition) is 1. The number of carbonyl (C=O) groups excluding carboxylic acids is 2. The van der Waals surface area contributed by atoms with E-state index in [2.05, 4.69) is 27.9 Å². The second-order valence-corrected chi connectivity index (χ2v) is 10.1. The van der Waals surface area contributed by atoms with E-state index < -0.39 is 6.04 Å². The number of carbonyl (C=O) groups is 2. The van der Waals surface area contributed by atoms with Gasteiger partial charge in [-0.15, -0.1) is 0 Å². The van der Waals surface area contributed by atoms with Crippen LogP contribution in [-0.4, -0.2) is 55.7 Å². The molecular weight excluding hydrogens is 617 g/mol. The van der Waals surface area contributed by atoms with Crippen molar-refractivity contribution in [2.75, 3.05) is 38.1 Å². The molecule has 38 heavy (non-hydrogen) atoms. The topological polar surface area (TPSA) is 80.3 Å². The largest absolute Gasteiger partial charge is 0.497 e. The molecule has 0 spiro atoms. The number of methoxy groups -OCH3 is 3. The molecule has 1 aliphatic rings. The van der Waals surface area contributed by atoms with Gasteiger partial charge in [0, 0.05) is 10.1 Å². The van der Waals surface area contributed by atoms with Crippen molar-refractivity contribution in [2.45, 2.75) is 18.9 Å². The molecule has 10 heteroatoms. The van der Waals surface area contributed by atoms with Gasteiger partial charge in [-0.3, -0.25) is 14.5 Å². The van der Waals surface area contributed by atoms with E-state index in [1.165, 1.54) is 4.90 Å². The van der Waals surface area contributed by atoms with Gasteiger partial charge in [0.05, 0.1) is 39.1 Å². The lowest BCUT2D eigenvalue weighted by molar-refractivity contribution is -0.124. The average Bonchev–Trinajstić information content (AvgIpc) is 3.16. The Kier molecular flexibility index (Phi) is 9.05. The molecule has 0 bridgehead atoms. The van der Waals surface area contributed by atoms with Crippen LogP contribution >= 0.6 is 34.8 Å². The molecule has 2 amide bonds. The molecule has 3 aromatic rings. The van der Waals surface area contributed by atoms with Gasteiger partial charge in [0.25, 0.3) is 5.91 Å². The summed E-state index contributed by atoms with van der Waals surface area (Å²) in [7, 11) is 4.76. The predicted molar refractivity (Wildman–Crippen MR) is 159 cm³/mol. The van der Waals surface area contributed by atoms with Crippen LogP contribution in [0, 0.1) is 3.57 Å². The summed E-state index contributed by atoms with van der Waals surface area (Å²) in [6.45, 7) is 0.438. The lowest BCUT2D eigenvalue weighted by Crippen LogP contribution is -2.39. The van der Waals surface area contributed by atoms with Crippen LogP contribution in [-0.2, 0) is 16.0 Å². The first-order valence-corrected chi connectivity index (χ1v) is 13.4. The van der Waals surface area contributed by atoms with Crippen molar-refractivity contribution < 1.29 is 23.8 Å². The molecule has 0 aromatic heterocycles. The fourth-order valence-electron chi connectivity index (χ4n) is 4.28. The number of para-hydroxylation sites is 1. The summed E-state index contributed by atoms with van der Waals surface area (Å²) in [6.07, 6.45) is 0.543. The number of nitrogens with one attached hydrogen (secondary N) is 1. The van der Waals surface area contributed by atoms with E-state index >= 15 is 0 Å². The zero-order valence-corrected chi connectivity index (χ0v) is 24.2. The van der Waals surface area contributed by atoms with Crippen molar-refractivity contribution in [3.63, 3.8) is 0 Å². The number of ether oxygens (including phenoxy) is 3. The number of thiocarbonyl (C=S) groups is 1. The first kappa shape index (κ1) is 27.6. The van der Waals surface area contributed by atoms with Crippen molar-refractivity contribution in [3.05, 3.63) is 75.9 Å². The molecule has 1 aliphatic heterocycles. The smallest absolute Gasteiger partial charge is 0.256 e. The van der Waals surface area contributed by atoms with Gasteiger partial charge in [-0.2, -0.15) is 0 Å². The first-order valence-electron chi connectivity index (χ1n) is 11.9. The minimum absolute atomic E-state index is 0.0392. The summed E-state index contributed by atoms with van der Waals surface area (Å²) < 4.78 is 16.9. The molecule has 1 N–H and O–H groups in total. The van der Waals surface area contributed by atoms with E-state index in [-0.39, 0.29) is 18.2 Å². The van der Waals surface area contributed by atoms with Gasteiger partial charge in [-0.25, -0.2) is 0 Å². The number of benzene rings is 3. The Labute approximate surface area is 241 Å². The SMILES string of the molecule is COc1ccc(N2C(=O)C(CC(=O)Nc3ccccc3I)N(CCc3ccc(OC)c(OC)c3)C2=S)cc1. The van der Waals surface area contributed by atoms with Crippen LogP contribution in [0.15, 0.2) is 66.7 Å². The van der Waals surface area contributed by atoms with E-state index in [0.717, 1.165) is 9.13 Å². The van der Waals surface area contributed by atoms with E-state index in [0.29, 0.717) is 46.7 Å². The highest BCUT2D eigenvalue weighted by molar-refractivity contribution is 14.1. The van der Waals surface area contributed by atoms with Crippen molar-refractivity contribution >= 4 is 63.1 Å². The Balaban J connectivity index is 1.58. The third kappa shape index (κ3) is 6.02. The third-order valence-corrected chi connectivity index (χ3v) is 7.62. The lowest BCUT2D eigenvalue weighted by Gasteiger charge is -2.24. The Morgan fingerprint density at radius 1 is 0.974 bits per heavy atom. The summed E-state index contributed by atoms with van der Waals surface area (Å²) in [6, 6.07) is 19.6. The zero-order chi connectivity index (χ0) is 27.2. The van der Waals surface area contributed by atoms with E-state index in [1.807, 2.05) is 47.4 Å². The van der Waals surface area contributed by atoms with Crippen LogP contribution in [0.5, 0.6) is 17.2 Å². The van der Waals surface area contributed by atoms with Crippen molar-refractivity contribution in [1.29, 1.82) is 0 Å². The van der Waals surface area contributed by atoms with Crippen LogP contribution in [0.4, 0.5) is 11.4 Å². The molecule has 8 nitrogen and oxygen atoms in total. The molecule has 0 radical (unpaired) electrons. The summed E-state index contributed by atoms with van der Waals surface area (Å²) in [5.41, 5.74) is 2.32. The van der Waals surface area contributed by atoms with Crippen molar-refractivity contribution in [3.8, 4) is 17.2 Å². The number of halogens is 1. The van der Waals surface area contributed by atoms with Crippen LogP contribution in [0.3, 0.4) is 0 Å². The van der Waals surface area contributed by atoms with Gasteiger partial charge >= 0.3 is 0 Å². The van der Waals surface area contributed by atoms with Gasteiger partial charge < -0.3 is 24.4 Å². The predicted octanol–water partition coefficient (Wildman–Crippen LogP) is 4.89. The fraction of sp³-hybridized carbons (Fsp3) is 0.250. The highest BCUT2D eigenvalue weighted by atomic mass is 127. The van der Waals surface area contributed by atoms with Gasteiger partial charge in [0.1, 0.15) is 11.8 Å². The number of anilines is 2. The first-order chi connectivity index (χ1) is 18.4. The third-order valence-electron chi connectivity index (χ3n) is 6.27. The standard InChI is InChI=1S/C28H28IN3O5S/c1-35-20-11-9-19(10-12-20)32-27(34)23(17-26(33)30-22-7-5-4-6-21(22)29)31(28(32)38)15-14-18-8-13-24(36-2)25(16-18)37-3/h4-13,16,23H,14-15,17H2,1-3H3,(H,30,33). The van der Waals surface area contributed by atoms with Crippen molar-refractivity contribution in [1.82, 2.24) is 4.90 Å². The number of hydrogen-bond acceptors (Lipinski definition) is 6. The molecular formula is C28H28IN3O5S. The van der Waals surface area contributed by atoms with Crippen LogP contribution in [0.1, 0.15) is 12.0 Å². The Bertz CT molecular complexity index is 1330. The Morgan fingerprint density at radius 3 is 2.34 bits per heavy atom. The second-order valence-electron chi connectivity index (χ2n) is 8.53. The molecule has 1 unspecified atom stereocenters. The lowest BCUT2D eigenvalue weighted by atomic mass is 10.1. The maximum Gasteiger partial charge on any atom is 0.256 e. The van der Waals surface area contributed by atoms with Crippen LogP contribution in [0.25, 0.3) is 0 Å². The van der Waals surface area contributed by atoms with E-state index in [9.17, 15) is 9.59 Å². The summed E-state index contributed by atoms with van der Waals surface area (Å²) in [4.78, 5) is 30.1. The highest BCUT2D eigenvalue weighted by Gasteiger charge is 2.44. The van der Waals surface area contributed by atoms with Gasteiger partial charge in [0.2, 0.25) is 5.91 Å². The molecule has 0 saturated carbocycles. The van der Waals surface area contributed by atoms with Gasteiger partial charge in [0.15, 0.2) is 16.6 Å². The Morgan fingerprint density at radius 2 is 1.68 bits per heavy atom. The monoisotopic (exact) mass is 645 g/mol. The van der Waals surface area contributed by atoms with Crippen molar-refractivity contribution in [2.24, 2.45) is 0 Å². The van der Waals surface area contributed by atoms with E-state index in [1.54, 1.807) is 45.6 Å². The van der Waals surface area contributed by atoms with Crippen LogP contribution in [0.2, 0.25) is 0 Å².